The summed E-state index contributed by atoms with van der Waals surface area (Å²) in [5, 5.41) is 2.97. The highest BCUT2D eigenvalue weighted by Gasteiger charge is 2.24. The first-order valence-electron chi connectivity index (χ1n) is 6.07. The van der Waals surface area contributed by atoms with E-state index < -0.39 is 17.7 Å². The number of likely N-dealkylation sites (N-methyl/N-ethyl adjacent to an activating group) is 1. The van der Waals surface area contributed by atoms with Gasteiger partial charge in [0.25, 0.3) is 0 Å². The van der Waals surface area contributed by atoms with Crippen molar-refractivity contribution < 1.29 is 13.5 Å². The predicted octanol–water partition coefficient (Wildman–Crippen LogP) is 3.23. The van der Waals surface area contributed by atoms with Crippen molar-refractivity contribution in [3.8, 4) is 0 Å². The van der Waals surface area contributed by atoms with Gasteiger partial charge in [-0.05, 0) is 44.0 Å². The monoisotopic (exact) mass is 253 g/mol. The van der Waals surface area contributed by atoms with E-state index in [-0.39, 0.29) is 5.56 Å². The van der Waals surface area contributed by atoms with Crippen molar-refractivity contribution in [2.75, 3.05) is 13.7 Å². The molecule has 18 heavy (non-hydrogen) atoms. The number of hydrogen-bond donors (Lipinski definition) is 1. The summed E-state index contributed by atoms with van der Waals surface area (Å²) in [6.45, 7) is 2.30. The molecular formula is C14H17F2NO. The van der Waals surface area contributed by atoms with Crippen LogP contribution in [0.4, 0.5) is 8.78 Å². The molecule has 1 unspecified atom stereocenters. The van der Waals surface area contributed by atoms with Crippen LogP contribution in [0.2, 0.25) is 0 Å². The molecule has 0 aromatic heterocycles. The van der Waals surface area contributed by atoms with Gasteiger partial charge in [-0.3, -0.25) is 0 Å². The Labute approximate surface area is 106 Å². The van der Waals surface area contributed by atoms with Crippen LogP contribution in [0.25, 0.3) is 0 Å². The lowest BCUT2D eigenvalue weighted by atomic mass is 9.93. The summed E-state index contributed by atoms with van der Waals surface area (Å²) in [6, 6.07) is 2.29. The molecule has 0 saturated heterocycles. The lowest BCUT2D eigenvalue weighted by Crippen LogP contribution is -2.23. The number of benzene rings is 1. The minimum Gasteiger partial charge on any atom is -0.501 e. The topological polar surface area (TPSA) is 21.3 Å². The molecule has 0 aliphatic carbocycles. The fraction of sp³-hybridized carbons (Fsp3) is 0.429. The van der Waals surface area contributed by atoms with Crippen molar-refractivity contribution in [3.63, 3.8) is 0 Å². The molecule has 0 amide bonds. The summed E-state index contributed by atoms with van der Waals surface area (Å²) in [6.07, 6.45) is 3.28. The van der Waals surface area contributed by atoms with Crippen LogP contribution >= 0.6 is 0 Å². The fourth-order valence-electron chi connectivity index (χ4n) is 2.26. The number of halogens is 2. The molecule has 1 aliphatic rings. The molecule has 1 N–H and O–H groups in total. The highest BCUT2D eigenvalue weighted by atomic mass is 19.1. The van der Waals surface area contributed by atoms with E-state index in [1.54, 1.807) is 20.2 Å². The Morgan fingerprint density at radius 1 is 1.33 bits per heavy atom. The van der Waals surface area contributed by atoms with Gasteiger partial charge >= 0.3 is 0 Å². The van der Waals surface area contributed by atoms with Gasteiger partial charge in [0.1, 0.15) is 11.6 Å². The second-order valence-corrected chi connectivity index (χ2v) is 4.48. The van der Waals surface area contributed by atoms with Gasteiger partial charge in [0.2, 0.25) is 0 Å². The van der Waals surface area contributed by atoms with E-state index in [0.717, 1.165) is 18.4 Å². The van der Waals surface area contributed by atoms with Gasteiger partial charge in [0.05, 0.1) is 18.9 Å². The van der Waals surface area contributed by atoms with Crippen LogP contribution in [0.15, 0.2) is 24.0 Å². The first kappa shape index (κ1) is 13.0. The summed E-state index contributed by atoms with van der Waals surface area (Å²) in [7, 11) is 1.70. The second kappa shape index (κ2) is 5.48. The average molecular weight is 253 g/mol. The molecule has 1 atom stereocenters. The zero-order chi connectivity index (χ0) is 13.1. The maximum atomic E-state index is 14.1. The van der Waals surface area contributed by atoms with Gasteiger partial charge in [-0.1, -0.05) is 6.07 Å². The number of nitrogens with one attached hydrogen (secondary N) is 1. The maximum Gasteiger partial charge on any atom is 0.134 e. The highest BCUT2D eigenvalue weighted by molar-refractivity contribution is 5.34. The lowest BCUT2D eigenvalue weighted by Gasteiger charge is -2.24. The number of rotatable bonds is 3. The van der Waals surface area contributed by atoms with Crippen molar-refractivity contribution in [3.05, 3.63) is 46.7 Å². The van der Waals surface area contributed by atoms with E-state index in [1.807, 2.05) is 0 Å². The van der Waals surface area contributed by atoms with Crippen LogP contribution in [0, 0.1) is 18.6 Å². The molecule has 1 aliphatic heterocycles. The number of ether oxygens (including phenoxy) is 1. The predicted molar refractivity (Wildman–Crippen MR) is 66.2 cm³/mol. The lowest BCUT2D eigenvalue weighted by molar-refractivity contribution is 0.219. The van der Waals surface area contributed by atoms with Gasteiger partial charge in [-0.15, -0.1) is 0 Å². The Hall–Kier alpha value is -1.42. The van der Waals surface area contributed by atoms with Gasteiger partial charge < -0.3 is 10.1 Å². The average Bonchev–Trinajstić information content (AvgIpc) is 2.40. The molecule has 2 rings (SSSR count). The molecular weight excluding hydrogens is 236 g/mol. The summed E-state index contributed by atoms with van der Waals surface area (Å²) >= 11 is 0. The maximum absolute atomic E-state index is 14.1. The molecule has 1 aromatic carbocycles. The third-order valence-electron chi connectivity index (χ3n) is 3.23. The summed E-state index contributed by atoms with van der Waals surface area (Å²) in [5.41, 5.74) is 1.41. The van der Waals surface area contributed by atoms with Crippen LogP contribution < -0.4 is 5.32 Å². The molecule has 2 nitrogen and oxygen atoms in total. The zero-order valence-electron chi connectivity index (χ0n) is 10.6. The summed E-state index contributed by atoms with van der Waals surface area (Å²) < 4.78 is 33.2. The van der Waals surface area contributed by atoms with E-state index in [9.17, 15) is 8.78 Å². The molecule has 1 heterocycles. The number of hydrogen-bond acceptors (Lipinski definition) is 2. The van der Waals surface area contributed by atoms with Crippen LogP contribution in [0.5, 0.6) is 0 Å². The standard InChI is InChI=1S/C14H17F2NO/c1-9-5-6-11(15)12(13(9)16)14(17-2)10-4-3-7-18-8-10/h5-6,8,14,17H,3-4,7H2,1-2H3. The van der Waals surface area contributed by atoms with E-state index in [4.69, 9.17) is 4.74 Å². The molecule has 0 fully saturated rings. The van der Waals surface area contributed by atoms with Crippen LogP contribution in [0.3, 0.4) is 0 Å². The first-order valence-corrected chi connectivity index (χ1v) is 6.07. The Morgan fingerprint density at radius 3 is 2.72 bits per heavy atom. The quantitative estimate of drug-likeness (QED) is 0.893. The van der Waals surface area contributed by atoms with Gasteiger partial charge in [0, 0.05) is 5.56 Å². The SMILES string of the molecule is CNC(C1=COCCC1)c1c(F)ccc(C)c1F. The molecule has 98 valence electrons. The minimum absolute atomic E-state index is 0.0780. The second-order valence-electron chi connectivity index (χ2n) is 4.48. The first-order chi connectivity index (χ1) is 8.65. The molecule has 1 aromatic rings. The van der Waals surface area contributed by atoms with Crippen molar-refractivity contribution in [1.82, 2.24) is 5.32 Å². The van der Waals surface area contributed by atoms with Crippen LogP contribution in [0.1, 0.15) is 30.0 Å². The third kappa shape index (κ3) is 2.38. The van der Waals surface area contributed by atoms with E-state index >= 15 is 0 Å². The Kier molecular flexibility index (Phi) is 3.97. The van der Waals surface area contributed by atoms with Crippen molar-refractivity contribution >= 4 is 0 Å². The minimum atomic E-state index is -0.524. The Morgan fingerprint density at radius 2 is 2.11 bits per heavy atom. The molecule has 0 bridgehead atoms. The van der Waals surface area contributed by atoms with Crippen molar-refractivity contribution in [1.29, 1.82) is 0 Å². The largest absolute Gasteiger partial charge is 0.501 e. The van der Waals surface area contributed by atoms with Crippen LogP contribution in [-0.4, -0.2) is 13.7 Å². The fourth-order valence-corrected chi connectivity index (χ4v) is 2.26. The number of aryl methyl sites for hydroxylation is 1. The van der Waals surface area contributed by atoms with E-state index in [1.165, 1.54) is 12.1 Å². The van der Waals surface area contributed by atoms with Crippen LogP contribution in [-0.2, 0) is 4.74 Å². The van der Waals surface area contributed by atoms with Gasteiger partial charge in [0.15, 0.2) is 0 Å². The van der Waals surface area contributed by atoms with E-state index in [2.05, 4.69) is 5.32 Å². The molecule has 0 spiro atoms. The highest BCUT2D eigenvalue weighted by Crippen LogP contribution is 2.31. The zero-order valence-corrected chi connectivity index (χ0v) is 10.6. The Bertz CT molecular complexity index is 471. The Balaban J connectivity index is 2.44. The normalized spacial score (nSPS) is 17.0. The summed E-state index contributed by atoms with van der Waals surface area (Å²) in [4.78, 5) is 0. The summed E-state index contributed by atoms with van der Waals surface area (Å²) in [5.74, 6) is -1.01. The third-order valence-corrected chi connectivity index (χ3v) is 3.23. The van der Waals surface area contributed by atoms with E-state index in [0.29, 0.717) is 12.2 Å². The van der Waals surface area contributed by atoms with Crippen molar-refractivity contribution in [2.45, 2.75) is 25.8 Å². The molecule has 0 saturated carbocycles. The molecule has 4 heteroatoms. The van der Waals surface area contributed by atoms with Gasteiger partial charge in [-0.25, -0.2) is 8.78 Å². The molecule has 0 radical (unpaired) electrons. The van der Waals surface area contributed by atoms with Crippen molar-refractivity contribution in [2.24, 2.45) is 0 Å². The smallest absolute Gasteiger partial charge is 0.134 e. The van der Waals surface area contributed by atoms with Gasteiger partial charge in [-0.2, -0.15) is 0 Å².